The Morgan fingerprint density at radius 1 is 0.805 bits per heavy atom. The number of ether oxygens (including phenoxy) is 4. The number of hydrogen-bond donors (Lipinski definition) is 1. The second-order valence-corrected chi connectivity index (χ2v) is 10.4. The molecule has 0 saturated carbocycles. The Kier molecular flexibility index (Phi) is 8.07. The van der Waals surface area contributed by atoms with Crippen LogP contribution in [0.4, 0.5) is 5.82 Å². The largest absolute Gasteiger partial charge is 0.382 e. The van der Waals surface area contributed by atoms with Crippen LogP contribution in [0.5, 0.6) is 0 Å². The number of anilines is 1. The van der Waals surface area contributed by atoms with Crippen molar-refractivity contribution in [2.45, 2.75) is 50.7 Å². The average molecular weight is 551 g/mol. The van der Waals surface area contributed by atoms with Crippen LogP contribution in [0.25, 0.3) is 5.52 Å². The molecule has 210 valence electrons. The smallest absolute Gasteiger partial charge is 0.151 e. The van der Waals surface area contributed by atoms with E-state index in [2.05, 4.69) is 41.3 Å². The molecule has 0 aliphatic carbocycles. The molecule has 1 fully saturated rings. The molecule has 2 N–H and O–H groups in total. The van der Waals surface area contributed by atoms with E-state index in [1.807, 2.05) is 78.9 Å². The minimum atomic E-state index is -0.889. The number of nitrogens with zero attached hydrogens (tertiary/aromatic N) is 3. The summed E-state index contributed by atoms with van der Waals surface area (Å²) in [7, 11) is 0. The van der Waals surface area contributed by atoms with Crippen LogP contribution in [-0.2, 0) is 38.8 Å². The molecule has 8 nitrogen and oxygen atoms in total. The average Bonchev–Trinajstić information content (AvgIpc) is 3.56. The molecule has 3 aromatic carbocycles. The van der Waals surface area contributed by atoms with Gasteiger partial charge in [-0.1, -0.05) is 91.0 Å². The number of aromatic nitrogens is 3. The maximum absolute atomic E-state index is 6.80. The van der Waals surface area contributed by atoms with Gasteiger partial charge >= 0.3 is 0 Å². The fourth-order valence-corrected chi connectivity index (χ4v) is 5.43. The molecule has 6 rings (SSSR count). The third-order valence-corrected chi connectivity index (χ3v) is 7.57. The van der Waals surface area contributed by atoms with E-state index in [4.69, 9.17) is 24.7 Å². The highest BCUT2D eigenvalue weighted by molar-refractivity contribution is 5.65. The predicted molar refractivity (Wildman–Crippen MR) is 156 cm³/mol. The number of benzene rings is 3. The third-order valence-electron chi connectivity index (χ3n) is 7.57. The fraction of sp³-hybridized carbons (Fsp3) is 0.273. The second kappa shape index (κ2) is 12.2. The van der Waals surface area contributed by atoms with Crippen LogP contribution in [0.15, 0.2) is 109 Å². The number of rotatable bonds is 11. The molecule has 0 amide bonds. The van der Waals surface area contributed by atoms with Crippen molar-refractivity contribution in [3.8, 4) is 0 Å². The minimum absolute atomic E-state index is 0.329. The molecule has 3 heterocycles. The third kappa shape index (κ3) is 5.87. The Bertz CT molecular complexity index is 1550. The Morgan fingerprint density at radius 2 is 1.41 bits per heavy atom. The van der Waals surface area contributed by atoms with Crippen LogP contribution in [0.3, 0.4) is 0 Å². The zero-order chi connectivity index (χ0) is 28.1. The first-order valence-corrected chi connectivity index (χ1v) is 13.8. The normalized spacial score (nSPS) is 22.3. The zero-order valence-electron chi connectivity index (χ0n) is 23.0. The molecule has 1 aliphatic rings. The molecule has 4 atom stereocenters. The van der Waals surface area contributed by atoms with Gasteiger partial charge in [-0.05, 0) is 35.7 Å². The summed E-state index contributed by atoms with van der Waals surface area (Å²) in [6.07, 6.45) is 0.0799. The van der Waals surface area contributed by atoms with Gasteiger partial charge in [0.1, 0.15) is 35.8 Å². The molecule has 2 aromatic heterocycles. The highest BCUT2D eigenvalue weighted by Crippen LogP contribution is 2.47. The fourth-order valence-electron chi connectivity index (χ4n) is 5.43. The summed E-state index contributed by atoms with van der Waals surface area (Å²) in [6.45, 7) is 3.65. The van der Waals surface area contributed by atoms with Gasteiger partial charge in [0.25, 0.3) is 0 Å². The molecule has 1 saturated heterocycles. The number of nitrogen functional groups attached to an aromatic ring is 1. The molecular weight excluding hydrogens is 516 g/mol. The number of fused-ring (bicyclic) bond motifs is 1. The zero-order valence-corrected chi connectivity index (χ0v) is 23.0. The first kappa shape index (κ1) is 27.1. The molecule has 5 aromatic rings. The SMILES string of the molecule is C[C@@]1(OCc2ccccc2)[C@H](OCc2ccccc2)[C@@H](COCc2ccccc2)O[C@H]1c1ccc2c(N)ncnn12. The van der Waals surface area contributed by atoms with Crippen LogP contribution < -0.4 is 5.73 Å². The topological polar surface area (TPSA) is 93.1 Å². The van der Waals surface area contributed by atoms with Crippen molar-refractivity contribution >= 4 is 11.3 Å². The lowest BCUT2D eigenvalue weighted by Gasteiger charge is -2.35. The van der Waals surface area contributed by atoms with Gasteiger partial charge < -0.3 is 24.7 Å². The Labute approximate surface area is 239 Å². The Morgan fingerprint density at radius 3 is 2.07 bits per heavy atom. The first-order valence-electron chi connectivity index (χ1n) is 13.8. The van der Waals surface area contributed by atoms with Crippen molar-refractivity contribution in [1.82, 2.24) is 14.6 Å². The lowest BCUT2D eigenvalue weighted by molar-refractivity contribution is -0.148. The van der Waals surface area contributed by atoms with E-state index in [-0.39, 0.29) is 0 Å². The van der Waals surface area contributed by atoms with Crippen molar-refractivity contribution in [2.24, 2.45) is 0 Å². The van der Waals surface area contributed by atoms with Gasteiger partial charge in [-0.25, -0.2) is 9.50 Å². The number of hydrogen-bond acceptors (Lipinski definition) is 7. The molecule has 1 aliphatic heterocycles. The summed E-state index contributed by atoms with van der Waals surface area (Å²) >= 11 is 0. The van der Waals surface area contributed by atoms with Crippen molar-refractivity contribution < 1.29 is 18.9 Å². The van der Waals surface area contributed by atoms with Gasteiger partial charge in [-0.3, -0.25) is 0 Å². The van der Waals surface area contributed by atoms with Gasteiger partial charge in [0, 0.05) is 0 Å². The second-order valence-electron chi connectivity index (χ2n) is 10.4. The maximum Gasteiger partial charge on any atom is 0.151 e. The van der Waals surface area contributed by atoms with Crippen molar-refractivity contribution in [2.75, 3.05) is 12.3 Å². The van der Waals surface area contributed by atoms with Gasteiger partial charge in [0.15, 0.2) is 5.82 Å². The summed E-state index contributed by atoms with van der Waals surface area (Å²) in [6, 6.07) is 34.2. The van der Waals surface area contributed by atoms with Gasteiger partial charge in [-0.2, -0.15) is 5.10 Å². The summed E-state index contributed by atoms with van der Waals surface area (Å²) in [5.41, 5.74) is 10.0. The van der Waals surface area contributed by atoms with Gasteiger partial charge in [0.2, 0.25) is 0 Å². The molecule has 41 heavy (non-hydrogen) atoms. The van der Waals surface area contributed by atoms with Gasteiger partial charge in [-0.15, -0.1) is 0 Å². The summed E-state index contributed by atoms with van der Waals surface area (Å²) < 4.78 is 28.2. The summed E-state index contributed by atoms with van der Waals surface area (Å²) in [5, 5.41) is 4.49. The molecule has 0 radical (unpaired) electrons. The van der Waals surface area contributed by atoms with Crippen LogP contribution >= 0.6 is 0 Å². The lowest BCUT2D eigenvalue weighted by Crippen LogP contribution is -2.47. The van der Waals surface area contributed by atoms with Gasteiger partial charge in [0.05, 0.1) is 32.1 Å². The van der Waals surface area contributed by atoms with E-state index < -0.39 is 23.9 Å². The van der Waals surface area contributed by atoms with E-state index in [0.717, 1.165) is 22.4 Å². The molecule has 0 unspecified atom stereocenters. The highest BCUT2D eigenvalue weighted by Gasteiger charge is 2.57. The lowest BCUT2D eigenvalue weighted by atomic mass is 9.90. The quantitative estimate of drug-likeness (QED) is 0.231. The van der Waals surface area contributed by atoms with E-state index >= 15 is 0 Å². The van der Waals surface area contributed by atoms with Crippen LogP contribution in [0.2, 0.25) is 0 Å². The summed E-state index contributed by atoms with van der Waals surface area (Å²) in [4.78, 5) is 4.15. The van der Waals surface area contributed by atoms with E-state index in [0.29, 0.717) is 37.8 Å². The standard InChI is InChI=1S/C33H34N4O4/c1-33(40-21-26-15-9-4-10-16-26)30(27-17-18-28-32(34)35-23-36-37(27)28)41-29(22-38-19-24-11-5-2-6-12-24)31(33)39-20-25-13-7-3-8-14-25/h2-18,23,29-31H,19-22H2,1H3,(H2,34,35,36)/t29-,30+,31-,33+/m1/s1. The Hall–Kier alpha value is -4.08. The summed E-state index contributed by atoms with van der Waals surface area (Å²) in [5.74, 6) is 0.399. The van der Waals surface area contributed by atoms with E-state index in [1.54, 1.807) is 4.52 Å². The monoisotopic (exact) mass is 550 g/mol. The van der Waals surface area contributed by atoms with E-state index in [1.165, 1.54) is 6.33 Å². The van der Waals surface area contributed by atoms with Crippen LogP contribution in [0.1, 0.15) is 35.4 Å². The van der Waals surface area contributed by atoms with Crippen molar-refractivity contribution in [3.63, 3.8) is 0 Å². The molecule has 8 heteroatoms. The minimum Gasteiger partial charge on any atom is -0.382 e. The maximum atomic E-state index is 6.80. The first-order chi connectivity index (χ1) is 20.1. The molecule has 0 spiro atoms. The highest BCUT2D eigenvalue weighted by atomic mass is 16.6. The van der Waals surface area contributed by atoms with Crippen molar-refractivity contribution in [1.29, 1.82) is 0 Å². The predicted octanol–water partition coefficient (Wildman–Crippen LogP) is 5.53. The molecular formula is C33H34N4O4. The Balaban J connectivity index is 1.34. The van der Waals surface area contributed by atoms with E-state index in [9.17, 15) is 0 Å². The van der Waals surface area contributed by atoms with Crippen LogP contribution in [-0.4, -0.2) is 39.0 Å². The van der Waals surface area contributed by atoms with Crippen molar-refractivity contribution in [3.05, 3.63) is 132 Å². The van der Waals surface area contributed by atoms with Crippen LogP contribution in [0, 0.1) is 0 Å². The number of nitrogens with two attached hydrogens (primary N) is 1. The molecule has 0 bridgehead atoms.